The maximum Gasteiger partial charge on any atom is 0.233 e. The van der Waals surface area contributed by atoms with Gasteiger partial charge in [0.05, 0.1) is 11.5 Å². The zero-order valence-electron chi connectivity index (χ0n) is 19.9. The standard InChI is InChI=1S/C25H30N2O7S/c1-3-13-31-19-8-6-18(7-9-19)23-27-25(24(34-23)26-12-5-14-30-4-2)35(28,29)20-10-11-21-22(17-20)33-16-15-32-21/h6-11,17,26H,3-5,12-16H2,1-2H3. The number of hydrogen-bond donors (Lipinski definition) is 1. The molecule has 0 bridgehead atoms. The lowest BCUT2D eigenvalue weighted by Gasteiger charge is -2.18. The number of benzene rings is 2. The van der Waals surface area contributed by atoms with Gasteiger partial charge in [-0.15, -0.1) is 0 Å². The van der Waals surface area contributed by atoms with Crippen molar-refractivity contribution in [1.29, 1.82) is 0 Å². The van der Waals surface area contributed by atoms with E-state index in [0.29, 0.717) is 63.1 Å². The maximum atomic E-state index is 13.6. The zero-order chi connectivity index (χ0) is 24.7. The van der Waals surface area contributed by atoms with Crippen LogP contribution in [0.5, 0.6) is 17.2 Å². The van der Waals surface area contributed by atoms with E-state index in [1.54, 1.807) is 30.3 Å². The van der Waals surface area contributed by atoms with Gasteiger partial charge in [0.2, 0.25) is 26.6 Å². The van der Waals surface area contributed by atoms with E-state index in [0.717, 1.165) is 12.2 Å². The summed E-state index contributed by atoms with van der Waals surface area (Å²) in [4.78, 5) is 4.43. The Morgan fingerprint density at radius 2 is 1.77 bits per heavy atom. The summed E-state index contributed by atoms with van der Waals surface area (Å²) in [6, 6.07) is 11.7. The SMILES string of the molecule is CCCOc1ccc(-c2nc(S(=O)(=O)c3ccc4c(c3)OCCO4)c(NCCCOCC)o2)cc1. The second-order valence-corrected chi connectivity index (χ2v) is 9.68. The highest BCUT2D eigenvalue weighted by Gasteiger charge is 2.30. The van der Waals surface area contributed by atoms with Gasteiger partial charge in [0.25, 0.3) is 0 Å². The van der Waals surface area contributed by atoms with Crippen molar-refractivity contribution in [3.05, 3.63) is 42.5 Å². The molecular formula is C25H30N2O7S. The van der Waals surface area contributed by atoms with Crippen LogP contribution in [0.3, 0.4) is 0 Å². The number of rotatable bonds is 12. The summed E-state index contributed by atoms with van der Waals surface area (Å²) in [5.74, 6) is 1.89. The molecule has 0 aliphatic carbocycles. The van der Waals surface area contributed by atoms with Gasteiger partial charge in [0.15, 0.2) is 11.5 Å². The quantitative estimate of drug-likeness (QED) is 0.356. The molecule has 35 heavy (non-hydrogen) atoms. The van der Waals surface area contributed by atoms with Crippen LogP contribution in [0.4, 0.5) is 5.88 Å². The van der Waals surface area contributed by atoms with Gasteiger partial charge in [-0.25, -0.2) is 8.42 Å². The minimum Gasteiger partial charge on any atom is -0.494 e. The monoisotopic (exact) mass is 502 g/mol. The van der Waals surface area contributed by atoms with Crippen molar-refractivity contribution < 1.29 is 31.8 Å². The number of nitrogens with one attached hydrogen (secondary N) is 1. The summed E-state index contributed by atoms with van der Waals surface area (Å²) >= 11 is 0. The number of ether oxygens (including phenoxy) is 4. The predicted molar refractivity (Wildman–Crippen MR) is 130 cm³/mol. The van der Waals surface area contributed by atoms with Crippen molar-refractivity contribution in [2.45, 2.75) is 36.6 Å². The van der Waals surface area contributed by atoms with E-state index in [1.165, 1.54) is 12.1 Å². The minimum absolute atomic E-state index is 0.0438. The van der Waals surface area contributed by atoms with Gasteiger partial charge in [-0.2, -0.15) is 4.98 Å². The molecule has 2 aromatic carbocycles. The van der Waals surface area contributed by atoms with Gasteiger partial charge < -0.3 is 28.7 Å². The average Bonchev–Trinajstić information content (AvgIpc) is 3.32. The molecule has 3 aromatic rings. The van der Waals surface area contributed by atoms with Crippen molar-refractivity contribution in [1.82, 2.24) is 4.98 Å². The van der Waals surface area contributed by atoms with Gasteiger partial charge in [-0.05, 0) is 56.2 Å². The van der Waals surface area contributed by atoms with Crippen molar-refractivity contribution in [3.63, 3.8) is 0 Å². The third kappa shape index (κ3) is 5.88. The lowest BCUT2D eigenvalue weighted by molar-refractivity contribution is 0.147. The van der Waals surface area contributed by atoms with Crippen LogP contribution in [-0.2, 0) is 14.6 Å². The molecule has 0 saturated carbocycles. The summed E-state index contributed by atoms with van der Waals surface area (Å²) < 4.78 is 55.2. The highest BCUT2D eigenvalue weighted by atomic mass is 32.2. The first-order chi connectivity index (χ1) is 17.0. The van der Waals surface area contributed by atoms with Crippen LogP contribution in [0.1, 0.15) is 26.7 Å². The fraction of sp³-hybridized carbons (Fsp3) is 0.400. The second-order valence-electron chi connectivity index (χ2n) is 7.81. The van der Waals surface area contributed by atoms with E-state index in [9.17, 15) is 8.42 Å². The van der Waals surface area contributed by atoms with E-state index in [4.69, 9.17) is 23.4 Å². The van der Waals surface area contributed by atoms with Crippen molar-refractivity contribution >= 4 is 15.7 Å². The Morgan fingerprint density at radius 3 is 2.51 bits per heavy atom. The molecule has 0 radical (unpaired) electrons. The number of anilines is 1. The van der Waals surface area contributed by atoms with E-state index >= 15 is 0 Å². The van der Waals surface area contributed by atoms with Gasteiger partial charge in [0, 0.05) is 31.4 Å². The lowest BCUT2D eigenvalue weighted by Crippen LogP contribution is -2.16. The molecule has 0 amide bonds. The van der Waals surface area contributed by atoms with E-state index in [1.807, 2.05) is 13.8 Å². The average molecular weight is 503 g/mol. The fourth-order valence-electron chi connectivity index (χ4n) is 3.46. The Morgan fingerprint density at radius 1 is 1.00 bits per heavy atom. The number of oxazole rings is 1. The molecule has 0 spiro atoms. The number of fused-ring (bicyclic) bond motifs is 1. The number of nitrogens with zero attached hydrogens (tertiary/aromatic N) is 1. The molecule has 9 nitrogen and oxygen atoms in total. The normalized spacial score (nSPS) is 13.0. The van der Waals surface area contributed by atoms with Crippen molar-refractivity contribution in [3.8, 4) is 28.7 Å². The van der Waals surface area contributed by atoms with Crippen LogP contribution in [0.2, 0.25) is 0 Å². The Labute approximate surface area is 205 Å². The Bertz CT molecular complexity index is 1220. The number of hydrogen-bond acceptors (Lipinski definition) is 9. The zero-order valence-corrected chi connectivity index (χ0v) is 20.7. The van der Waals surface area contributed by atoms with Crippen LogP contribution in [0.25, 0.3) is 11.5 Å². The Hall–Kier alpha value is -3.24. The molecule has 4 rings (SSSR count). The molecule has 1 aliphatic rings. The van der Waals surface area contributed by atoms with Crippen molar-refractivity contribution in [2.75, 3.05) is 44.9 Å². The summed E-state index contributed by atoms with van der Waals surface area (Å²) in [6.45, 7) is 6.98. The summed E-state index contributed by atoms with van der Waals surface area (Å²) in [7, 11) is -4.02. The van der Waals surface area contributed by atoms with Gasteiger partial charge in [-0.1, -0.05) is 6.92 Å². The predicted octanol–water partition coefficient (Wildman–Crippen LogP) is 4.57. The molecule has 0 saturated heterocycles. The topological polar surface area (TPSA) is 109 Å². The largest absolute Gasteiger partial charge is 0.494 e. The minimum atomic E-state index is -4.02. The summed E-state index contributed by atoms with van der Waals surface area (Å²) in [5.41, 5.74) is 0.634. The van der Waals surface area contributed by atoms with E-state index < -0.39 is 9.84 Å². The molecule has 0 atom stereocenters. The van der Waals surface area contributed by atoms with Gasteiger partial charge >= 0.3 is 0 Å². The van der Waals surface area contributed by atoms with Crippen LogP contribution in [0.15, 0.2) is 56.8 Å². The van der Waals surface area contributed by atoms with Crippen LogP contribution >= 0.6 is 0 Å². The maximum absolute atomic E-state index is 13.6. The van der Waals surface area contributed by atoms with Gasteiger partial charge in [-0.3, -0.25) is 0 Å². The summed E-state index contributed by atoms with van der Waals surface area (Å²) in [5, 5.41) is 2.88. The van der Waals surface area contributed by atoms with E-state index in [2.05, 4.69) is 10.3 Å². The third-order valence-electron chi connectivity index (χ3n) is 5.20. The molecule has 1 aromatic heterocycles. The molecule has 10 heteroatoms. The molecule has 188 valence electrons. The molecule has 0 fully saturated rings. The van der Waals surface area contributed by atoms with Crippen LogP contribution in [0, 0.1) is 0 Å². The van der Waals surface area contributed by atoms with Crippen LogP contribution < -0.4 is 19.5 Å². The first-order valence-corrected chi connectivity index (χ1v) is 13.2. The van der Waals surface area contributed by atoms with Crippen molar-refractivity contribution in [2.24, 2.45) is 0 Å². The molecule has 0 unspecified atom stereocenters. The van der Waals surface area contributed by atoms with Crippen LogP contribution in [-0.4, -0.2) is 53.0 Å². The second kappa shape index (κ2) is 11.5. The van der Waals surface area contributed by atoms with E-state index in [-0.39, 0.29) is 21.7 Å². The Kier molecular flexibility index (Phi) is 8.14. The smallest absolute Gasteiger partial charge is 0.233 e. The number of sulfone groups is 1. The fourth-order valence-corrected chi connectivity index (χ4v) is 4.75. The molecule has 2 heterocycles. The first-order valence-electron chi connectivity index (χ1n) is 11.7. The highest BCUT2D eigenvalue weighted by molar-refractivity contribution is 7.91. The molecular weight excluding hydrogens is 472 g/mol. The molecule has 1 N–H and O–H groups in total. The molecule has 1 aliphatic heterocycles. The van der Waals surface area contributed by atoms with Gasteiger partial charge in [0.1, 0.15) is 19.0 Å². The lowest BCUT2D eigenvalue weighted by atomic mass is 10.2. The third-order valence-corrected chi connectivity index (χ3v) is 6.86. The summed E-state index contributed by atoms with van der Waals surface area (Å²) in [6.07, 6.45) is 1.58. The first kappa shape index (κ1) is 24.9. The Balaban J connectivity index is 1.65. The highest BCUT2D eigenvalue weighted by Crippen LogP contribution is 2.37. The number of aromatic nitrogens is 1.